The second kappa shape index (κ2) is 5.79. The molecule has 0 N–H and O–H groups in total. The summed E-state index contributed by atoms with van der Waals surface area (Å²) in [6.45, 7) is 8.16. The minimum absolute atomic E-state index is 0.0956. The van der Waals surface area contributed by atoms with Gasteiger partial charge in [-0.25, -0.2) is 0 Å². The number of carbonyl (C=O) groups is 2. The van der Waals surface area contributed by atoms with Crippen molar-refractivity contribution in [2.24, 2.45) is 11.8 Å². The molecule has 3 aliphatic carbocycles. The first-order chi connectivity index (χ1) is 13.7. The summed E-state index contributed by atoms with van der Waals surface area (Å²) in [6.07, 6.45) is 6.58. The predicted octanol–water partition coefficient (Wildman–Crippen LogP) is 4.41. The van der Waals surface area contributed by atoms with Crippen molar-refractivity contribution in [1.82, 2.24) is 0 Å². The van der Waals surface area contributed by atoms with Crippen molar-refractivity contribution in [2.45, 2.75) is 57.3 Å². The average Bonchev–Trinajstić information content (AvgIpc) is 2.88. The van der Waals surface area contributed by atoms with Crippen LogP contribution in [0.25, 0.3) is 5.76 Å². The lowest BCUT2D eigenvalue weighted by atomic mass is 9.53. The monoisotopic (exact) mass is 390 g/mol. The summed E-state index contributed by atoms with van der Waals surface area (Å²) in [5, 5.41) is 0. The number of rotatable bonds is 3. The Morgan fingerprint density at radius 3 is 2.59 bits per heavy atom. The van der Waals surface area contributed by atoms with Crippen molar-refractivity contribution in [2.75, 3.05) is 0 Å². The van der Waals surface area contributed by atoms with Gasteiger partial charge in [0.25, 0.3) is 0 Å². The first-order valence-corrected chi connectivity index (χ1v) is 10.3. The van der Waals surface area contributed by atoms with Crippen molar-refractivity contribution in [3.63, 3.8) is 0 Å². The molecule has 4 bridgehead atoms. The van der Waals surface area contributed by atoms with Crippen LogP contribution in [0.1, 0.15) is 46.1 Å². The van der Waals surface area contributed by atoms with Gasteiger partial charge in [-0.2, -0.15) is 0 Å². The highest BCUT2D eigenvalue weighted by Crippen LogP contribution is 2.64. The predicted molar refractivity (Wildman–Crippen MR) is 110 cm³/mol. The average molecular weight is 390 g/mol. The van der Waals surface area contributed by atoms with Crippen LogP contribution in [-0.2, 0) is 19.1 Å². The Balaban J connectivity index is 1.67. The molecule has 6 rings (SSSR count). The van der Waals surface area contributed by atoms with E-state index in [2.05, 4.69) is 19.9 Å². The van der Waals surface area contributed by atoms with Gasteiger partial charge in [-0.15, -0.1) is 0 Å². The number of ketones is 2. The number of allylic oxidation sites excluding steroid dienone is 2. The highest BCUT2D eigenvalue weighted by molar-refractivity contribution is 6.19. The van der Waals surface area contributed by atoms with Crippen molar-refractivity contribution in [1.29, 1.82) is 0 Å². The maximum absolute atomic E-state index is 14.0. The van der Waals surface area contributed by atoms with Crippen molar-refractivity contribution < 1.29 is 19.1 Å². The van der Waals surface area contributed by atoms with E-state index >= 15 is 0 Å². The zero-order chi connectivity index (χ0) is 20.6. The first kappa shape index (κ1) is 18.6. The summed E-state index contributed by atoms with van der Waals surface area (Å²) in [7, 11) is 0. The van der Waals surface area contributed by atoms with E-state index in [4.69, 9.17) is 9.47 Å². The molecule has 2 fully saturated rings. The Bertz CT molecular complexity index is 1010. The summed E-state index contributed by atoms with van der Waals surface area (Å²) in [6, 6.07) is 9.52. The standard InChI is InChI=1S/C25H26O4/c1-15(2)10-11-24-17-12-18-20(26)13-21(16-8-6-5-7-9-16)28-25(18,22(24)27)14-19(17)23(3,4)29-24/h5-10,12-13,17,19H,11,14H2,1-4H3/t17-,19?,24-,25-/m0/s1. The van der Waals surface area contributed by atoms with Gasteiger partial charge < -0.3 is 9.47 Å². The summed E-state index contributed by atoms with van der Waals surface area (Å²) in [5.74, 6) is 0.272. The van der Waals surface area contributed by atoms with E-state index in [9.17, 15) is 9.59 Å². The molecule has 4 nitrogen and oxygen atoms in total. The van der Waals surface area contributed by atoms with Gasteiger partial charge in [-0.1, -0.05) is 48.1 Å². The van der Waals surface area contributed by atoms with E-state index in [0.717, 1.165) is 11.1 Å². The van der Waals surface area contributed by atoms with E-state index in [1.165, 1.54) is 6.08 Å². The minimum Gasteiger partial charge on any atom is -0.474 e. The fourth-order valence-corrected chi connectivity index (χ4v) is 5.69. The Morgan fingerprint density at radius 1 is 1.17 bits per heavy atom. The molecule has 1 spiro atoms. The van der Waals surface area contributed by atoms with Gasteiger partial charge in [0.2, 0.25) is 5.78 Å². The molecule has 1 unspecified atom stereocenters. The maximum Gasteiger partial charge on any atom is 0.213 e. The zero-order valence-corrected chi connectivity index (χ0v) is 17.3. The minimum atomic E-state index is -1.25. The van der Waals surface area contributed by atoms with Crippen molar-refractivity contribution >= 4 is 17.3 Å². The van der Waals surface area contributed by atoms with Gasteiger partial charge in [0.1, 0.15) is 11.4 Å². The van der Waals surface area contributed by atoms with Crippen molar-refractivity contribution in [3.8, 4) is 0 Å². The van der Waals surface area contributed by atoms with Crippen LogP contribution in [0.4, 0.5) is 0 Å². The maximum atomic E-state index is 14.0. The summed E-state index contributed by atoms with van der Waals surface area (Å²) < 4.78 is 13.0. The van der Waals surface area contributed by atoms with E-state index in [1.54, 1.807) is 0 Å². The highest BCUT2D eigenvalue weighted by Gasteiger charge is 2.75. The molecule has 150 valence electrons. The molecule has 4 atom stereocenters. The van der Waals surface area contributed by atoms with Crippen molar-refractivity contribution in [3.05, 3.63) is 65.3 Å². The molecule has 1 aromatic carbocycles. The van der Waals surface area contributed by atoms with Gasteiger partial charge >= 0.3 is 0 Å². The Kier molecular flexibility index (Phi) is 3.71. The highest BCUT2D eigenvalue weighted by atomic mass is 16.6. The van der Waals surface area contributed by atoms with E-state index in [0.29, 0.717) is 24.2 Å². The van der Waals surface area contributed by atoms with Crippen LogP contribution in [0.15, 0.2) is 59.7 Å². The summed E-state index contributed by atoms with van der Waals surface area (Å²) in [5.41, 5.74) is -0.224. The van der Waals surface area contributed by atoms with Crippen LogP contribution in [0.2, 0.25) is 0 Å². The Hall–Kier alpha value is -2.46. The van der Waals surface area contributed by atoms with E-state index in [1.807, 2.05) is 50.3 Å². The fourth-order valence-electron chi connectivity index (χ4n) is 5.69. The number of hydrogen-bond donors (Lipinski definition) is 0. The Labute approximate surface area is 171 Å². The van der Waals surface area contributed by atoms with Crippen LogP contribution in [0.3, 0.4) is 0 Å². The number of carbonyl (C=O) groups excluding carboxylic acids is 2. The van der Waals surface area contributed by atoms with E-state index in [-0.39, 0.29) is 23.4 Å². The molecular formula is C25H26O4. The lowest BCUT2D eigenvalue weighted by Crippen LogP contribution is -2.66. The second-order valence-corrected chi connectivity index (χ2v) is 9.49. The van der Waals surface area contributed by atoms with Gasteiger partial charge in [0.05, 0.1) is 5.60 Å². The first-order valence-electron chi connectivity index (χ1n) is 10.3. The lowest BCUT2D eigenvalue weighted by molar-refractivity contribution is -0.169. The zero-order valence-electron chi connectivity index (χ0n) is 17.3. The molecule has 1 aromatic rings. The molecule has 2 aliphatic heterocycles. The molecule has 5 aliphatic rings. The van der Waals surface area contributed by atoms with Gasteiger partial charge in [0, 0.05) is 41.9 Å². The third-order valence-electron chi connectivity index (χ3n) is 7.03. The molecule has 1 saturated carbocycles. The third-order valence-corrected chi connectivity index (χ3v) is 7.03. The topological polar surface area (TPSA) is 52.6 Å². The molecule has 4 heteroatoms. The molecule has 0 radical (unpaired) electrons. The summed E-state index contributed by atoms with van der Waals surface area (Å²) >= 11 is 0. The van der Waals surface area contributed by atoms with Crippen LogP contribution < -0.4 is 0 Å². The van der Waals surface area contributed by atoms with Gasteiger partial charge in [-0.3, -0.25) is 9.59 Å². The molecule has 0 aromatic heterocycles. The number of hydrogen-bond acceptors (Lipinski definition) is 4. The van der Waals surface area contributed by atoms with Crippen LogP contribution in [0, 0.1) is 11.8 Å². The Morgan fingerprint density at radius 2 is 1.90 bits per heavy atom. The number of benzene rings is 1. The normalized spacial score (nSPS) is 36.1. The fraction of sp³-hybridized carbons (Fsp3) is 0.440. The molecular weight excluding hydrogens is 364 g/mol. The lowest BCUT2D eigenvalue weighted by Gasteiger charge is -2.52. The SMILES string of the molecule is CC(C)=CC[C@]12OC(C)(C)C3C[C@@]4(OC(c5ccccc5)=CC(=O)C4=C[C@@H]31)C2=O. The summed E-state index contributed by atoms with van der Waals surface area (Å²) in [4.78, 5) is 27.1. The van der Waals surface area contributed by atoms with E-state index < -0.39 is 16.8 Å². The van der Waals surface area contributed by atoms with Gasteiger partial charge in [0.15, 0.2) is 11.4 Å². The number of Topliss-reactive ketones (excluding diaryl/α,β-unsaturated/α-hetero) is 1. The quantitative estimate of drug-likeness (QED) is 0.717. The molecule has 2 heterocycles. The molecule has 0 amide bonds. The largest absolute Gasteiger partial charge is 0.474 e. The molecule has 1 saturated heterocycles. The van der Waals surface area contributed by atoms with Crippen LogP contribution in [0.5, 0.6) is 0 Å². The number of ether oxygens (including phenoxy) is 2. The third kappa shape index (κ3) is 2.35. The van der Waals surface area contributed by atoms with Gasteiger partial charge in [-0.05, 0) is 27.7 Å². The smallest absolute Gasteiger partial charge is 0.213 e. The van der Waals surface area contributed by atoms with Crippen LogP contribution in [-0.4, -0.2) is 28.4 Å². The molecule has 29 heavy (non-hydrogen) atoms. The van der Waals surface area contributed by atoms with Crippen LogP contribution >= 0.6 is 0 Å². The second-order valence-electron chi connectivity index (χ2n) is 9.49.